The van der Waals surface area contributed by atoms with E-state index in [2.05, 4.69) is 16.0 Å². The largest absolute Gasteiger partial charge is 0.480 e. The lowest BCUT2D eigenvalue weighted by atomic mass is 10.0. The molecule has 0 fully saturated rings. The number of rotatable bonds is 18. The normalized spacial score (nSPS) is 14.0. The number of carbonyl (C=O) groups excluding carboxylic acids is 4. The van der Waals surface area contributed by atoms with E-state index in [1.807, 2.05) is 6.26 Å². The molecule has 1 aromatic carbocycles. The summed E-state index contributed by atoms with van der Waals surface area (Å²) in [5.74, 6) is -3.61. The third-order valence-corrected chi connectivity index (χ3v) is 6.13. The first-order valence-corrected chi connectivity index (χ1v) is 13.4. The minimum atomic E-state index is -1.36. The van der Waals surface area contributed by atoms with Gasteiger partial charge < -0.3 is 38.3 Å². The number of carboxylic acid groups (broad SMARTS) is 1. The van der Waals surface area contributed by atoms with E-state index in [9.17, 15) is 29.1 Å². The Morgan fingerprint density at radius 3 is 2.05 bits per heavy atom. The van der Waals surface area contributed by atoms with Crippen LogP contribution in [0.5, 0.6) is 0 Å². The zero-order valence-electron chi connectivity index (χ0n) is 21.0. The van der Waals surface area contributed by atoms with Crippen molar-refractivity contribution in [2.24, 2.45) is 17.2 Å². The fourth-order valence-electron chi connectivity index (χ4n) is 3.42. The highest BCUT2D eigenvalue weighted by atomic mass is 32.2. The van der Waals surface area contributed by atoms with E-state index in [-0.39, 0.29) is 12.8 Å². The summed E-state index contributed by atoms with van der Waals surface area (Å²) >= 11 is 1.50. The van der Waals surface area contributed by atoms with Gasteiger partial charge in [-0.3, -0.25) is 19.2 Å². The van der Waals surface area contributed by atoms with Crippen LogP contribution in [0, 0.1) is 0 Å². The van der Waals surface area contributed by atoms with Gasteiger partial charge in [0.05, 0.1) is 12.5 Å². The Hall–Kier alpha value is -3.16. The van der Waals surface area contributed by atoms with Crippen molar-refractivity contribution in [3.63, 3.8) is 0 Å². The quantitative estimate of drug-likeness (QED) is 0.112. The number of thioether (sulfide) groups is 1. The molecule has 12 nitrogen and oxygen atoms in total. The fourth-order valence-corrected chi connectivity index (χ4v) is 3.91. The van der Waals surface area contributed by atoms with E-state index in [1.54, 1.807) is 30.3 Å². The Bertz CT molecular complexity index is 903. The molecule has 206 valence electrons. The van der Waals surface area contributed by atoms with E-state index in [0.29, 0.717) is 37.1 Å². The first kappa shape index (κ1) is 31.9. The van der Waals surface area contributed by atoms with Crippen LogP contribution in [0.1, 0.15) is 37.7 Å². The van der Waals surface area contributed by atoms with Crippen molar-refractivity contribution in [1.29, 1.82) is 0 Å². The molecule has 1 rings (SSSR count). The molecular formula is C24H38N6O6S. The highest BCUT2D eigenvalue weighted by Crippen LogP contribution is 2.08. The molecule has 0 heterocycles. The van der Waals surface area contributed by atoms with E-state index in [0.717, 1.165) is 0 Å². The molecule has 0 aliphatic heterocycles. The third kappa shape index (κ3) is 12.6. The molecule has 4 amide bonds. The van der Waals surface area contributed by atoms with Gasteiger partial charge in [-0.2, -0.15) is 11.8 Å². The maximum atomic E-state index is 13.1. The molecule has 0 radical (unpaired) electrons. The predicted octanol–water partition coefficient (Wildman–Crippen LogP) is -1.15. The lowest BCUT2D eigenvalue weighted by Crippen LogP contribution is -2.58. The summed E-state index contributed by atoms with van der Waals surface area (Å²) in [5.41, 5.74) is 17.3. The van der Waals surface area contributed by atoms with Crippen LogP contribution in [-0.2, 0) is 30.4 Å². The van der Waals surface area contributed by atoms with Gasteiger partial charge in [0.15, 0.2) is 0 Å². The Labute approximate surface area is 220 Å². The van der Waals surface area contributed by atoms with Crippen LogP contribution in [0.25, 0.3) is 0 Å². The van der Waals surface area contributed by atoms with Gasteiger partial charge in [0.2, 0.25) is 23.6 Å². The lowest BCUT2D eigenvalue weighted by molar-refractivity contribution is -0.142. The van der Waals surface area contributed by atoms with Gasteiger partial charge in [0.25, 0.3) is 0 Å². The third-order valence-electron chi connectivity index (χ3n) is 5.49. The topological polar surface area (TPSA) is 220 Å². The number of benzene rings is 1. The van der Waals surface area contributed by atoms with Crippen molar-refractivity contribution in [1.82, 2.24) is 16.0 Å². The second-order valence-corrected chi connectivity index (χ2v) is 9.54. The molecule has 4 atom stereocenters. The van der Waals surface area contributed by atoms with Gasteiger partial charge in [-0.05, 0) is 49.8 Å². The van der Waals surface area contributed by atoms with Crippen LogP contribution in [0.15, 0.2) is 30.3 Å². The second kappa shape index (κ2) is 17.3. The van der Waals surface area contributed by atoms with Crippen LogP contribution in [0.4, 0.5) is 0 Å². The monoisotopic (exact) mass is 538 g/mol. The number of amides is 4. The Morgan fingerprint density at radius 2 is 1.49 bits per heavy atom. The first-order valence-electron chi connectivity index (χ1n) is 12.0. The Balaban J connectivity index is 3.07. The summed E-state index contributed by atoms with van der Waals surface area (Å²) in [6.45, 7) is 0.390. The highest BCUT2D eigenvalue weighted by Gasteiger charge is 2.31. The molecule has 0 spiro atoms. The Kier molecular flexibility index (Phi) is 14.9. The summed E-state index contributed by atoms with van der Waals surface area (Å²) in [7, 11) is 0. The van der Waals surface area contributed by atoms with E-state index < -0.39 is 60.2 Å². The molecule has 4 unspecified atom stereocenters. The van der Waals surface area contributed by atoms with Crippen LogP contribution >= 0.6 is 11.8 Å². The maximum Gasteiger partial charge on any atom is 0.326 e. The number of primary amides is 1. The number of carboxylic acids is 1. The predicted molar refractivity (Wildman–Crippen MR) is 141 cm³/mol. The van der Waals surface area contributed by atoms with Crippen LogP contribution < -0.4 is 33.2 Å². The number of nitrogens with two attached hydrogens (primary N) is 3. The number of unbranched alkanes of at least 4 members (excludes halogenated alkanes) is 1. The number of nitrogens with one attached hydrogen (secondary N) is 3. The molecule has 0 saturated carbocycles. The molecule has 0 aliphatic rings. The second-order valence-electron chi connectivity index (χ2n) is 8.55. The van der Waals surface area contributed by atoms with Gasteiger partial charge >= 0.3 is 5.97 Å². The summed E-state index contributed by atoms with van der Waals surface area (Å²) in [4.78, 5) is 62.0. The zero-order chi connectivity index (χ0) is 27.8. The van der Waals surface area contributed by atoms with E-state index >= 15 is 0 Å². The van der Waals surface area contributed by atoms with Crippen molar-refractivity contribution < 1.29 is 29.1 Å². The fraction of sp³-hybridized carbons (Fsp3) is 0.542. The van der Waals surface area contributed by atoms with Crippen molar-refractivity contribution in [2.75, 3.05) is 18.6 Å². The molecule has 13 heteroatoms. The first-order chi connectivity index (χ1) is 17.6. The molecule has 0 bridgehead atoms. The van der Waals surface area contributed by atoms with Crippen molar-refractivity contribution in [2.45, 2.75) is 62.7 Å². The SMILES string of the molecule is CSCCC(N)C(=O)NC(CC(N)=O)C(=O)NC(Cc1ccccc1)C(=O)NC(CCCCN)C(=O)O. The minimum absolute atomic E-state index is 0.0397. The lowest BCUT2D eigenvalue weighted by Gasteiger charge is -2.25. The Morgan fingerprint density at radius 1 is 0.892 bits per heavy atom. The smallest absolute Gasteiger partial charge is 0.326 e. The van der Waals surface area contributed by atoms with Gasteiger partial charge in [0.1, 0.15) is 18.1 Å². The summed E-state index contributed by atoms with van der Waals surface area (Å²) in [6, 6.07) is 4.16. The van der Waals surface area contributed by atoms with Crippen LogP contribution in [0.2, 0.25) is 0 Å². The van der Waals surface area contributed by atoms with Crippen molar-refractivity contribution in [3.05, 3.63) is 35.9 Å². The van der Waals surface area contributed by atoms with E-state index in [4.69, 9.17) is 17.2 Å². The molecular weight excluding hydrogens is 500 g/mol. The van der Waals surface area contributed by atoms with Crippen molar-refractivity contribution >= 4 is 41.4 Å². The van der Waals surface area contributed by atoms with E-state index in [1.165, 1.54) is 11.8 Å². The molecule has 0 aliphatic carbocycles. The average molecular weight is 539 g/mol. The van der Waals surface area contributed by atoms with Gasteiger partial charge in [-0.25, -0.2) is 4.79 Å². The average Bonchev–Trinajstić information content (AvgIpc) is 2.85. The standard InChI is InChI=1S/C24H38N6O6S/c1-37-12-10-16(26)21(32)29-19(14-20(27)31)23(34)30-18(13-15-7-3-2-4-8-15)22(33)28-17(24(35)36)9-5-6-11-25/h2-4,7-8,16-19H,5-6,9-14,25-26H2,1H3,(H2,27,31)(H,28,33)(H,29,32)(H,30,34)(H,35,36). The molecule has 0 aromatic heterocycles. The molecule has 37 heavy (non-hydrogen) atoms. The van der Waals surface area contributed by atoms with Gasteiger partial charge in [0, 0.05) is 6.42 Å². The van der Waals surface area contributed by atoms with Gasteiger partial charge in [-0.1, -0.05) is 30.3 Å². The van der Waals surface area contributed by atoms with Crippen molar-refractivity contribution in [3.8, 4) is 0 Å². The zero-order valence-corrected chi connectivity index (χ0v) is 21.8. The minimum Gasteiger partial charge on any atom is -0.480 e. The summed E-state index contributed by atoms with van der Waals surface area (Å²) in [5, 5.41) is 17.0. The number of hydrogen-bond donors (Lipinski definition) is 7. The maximum absolute atomic E-state index is 13.1. The molecule has 1 aromatic rings. The highest BCUT2D eigenvalue weighted by molar-refractivity contribution is 7.98. The molecule has 10 N–H and O–H groups in total. The van der Waals surface area contributed by atoms with Crippen LogP contribution in [0.3, 0.4) is 0 Å². The van der Waals surface area contributed by atoms with Crippen LogP contribution in [-0.4, -0.2) is 77.4 Å². The number of carbonyl (C=O) groups is 5. The molecule has 0 saturated heterocycles. The number of hydrogen-bond acceptors (Lipinski definition) is 8. The number of aliphatic carboxylic acids is 1. The van der Waals surface area contributed by atoms with Gasteiger partial charge in [-0.15, -0.1) is 0 Å². The summed E-state index contributed by atoms with van der Waals surface area (Å²) in [6.07, 6.45) is 3.00. The summed E-state index contributed by atoms with van der Waals surface area (Å²) < 4.78 is 0.